The average molecular weight is 267 g/mol. The molecular formula is C14H16ClFN2. The SMILES string of the molecule is CCC1CC1n1c(C(C)Cl)nc2c(F)cccc21. The Labute approximate surface area is 111 Å². The first-order valence-corrected chi connectivity index (χ1v) is 6.87. The quantitative estimate of drug-likeness (QED) is 0.751. The van der Waals surface area contributed by atoms with Crippen molar-refractivity contribution in [1.29, 1.82) is 0 Å². The maximum Gasteiger partial charge on any atom is 0.151 e. The number of imidazole rings is 1. The van der Waals surface area contributed by atoms with Gasteiger partial charge >= 0.3 is 0 Å². The number of benzene rings is 1. The predicted molar refractivity (Wildman–Crippen MR) is 71.4 cm³/mol. The Balaban J connectivity index is 2.20. The molecule has 1 fully saturated rings. The predicted octanol–water partition coefficient (Wildman–Crippen LogP) is 4.45. The molecule has 18 heavy (non-hydrogen) atoms. The molecular weight excluding hydrogens is 251 g/mol. The van der Waals surface area contributed by atoms with Crippen molar-refractivity contribution in [2.24, 2.45) is 5.92 Å². The standard InChI is InChI=1S/C14H16ClFN2/c1-3-9-7-12(9)18-11-6-4-5-10(16)13(11)17-14(18)8(2)15/h4-6,8-9,12H,3,7H2,1-2H3. The molecule has 0 radical (unpaired) electrons. The van der Waals surface area contributed by atoms with Crippen LogP contribution in [0.2, 0.25) is 0 Å². The van der Waals surface area contributed by atoms with Gasteiger partial charge in [0.25, 0.3) is 0 Å². The highest BCUT2D eigenvalue weighted by Crippen LogP contribution is 2.48. The van der Waals surface area contributed by atoms with Crippen molar-refractivity contribution in [3.05, 3.63) is 29.8 Å². The van der Waals surface area contributed by atoms with Crippen LogP contribution >= 0.6 is 11.6 Å². The first-order valence-electron chi connectivity index (χ1n) is 6.44. The molecule has 1 aliphatic carbocycles. The van der Waals surface area contributed by atoms with Crippen molar-refractivity contribution in [3.8, 4) is 0 Å². The van der Waals surface area contributed by atoms with Crippen LogP contribution < -0.4 is 0 Å². The molecule has 0 aliphatic heterocycles. The van der Waals surface area contributed by atoms with Crippen molar-refractivity contribution in [3.63, 3.8) is 0 Å². The smallest absolute Gasteiger partial charge is 0.151 e. The Bertz CT molecular complexity index is 591. The van der Waals surface area contributed by atoms with Crippen molar-refractivity contribution in [2.45, 2.75) is 38.1 Å². The van der Waals surface area contributed by atoms with E-state index in [0.29, 0.717) is 17.5 Å². The van der Waals surface area contributed by atoms with Crippen LogP contribution in [0.3, 0.4) is 0 Å². The number of rotatable bonds is 3. The third-order valence-corrected chi connectivity index (χ3v) is 3.99. The van der Waals surface area contributed by atoms with Gasteiger partial charge in [-0.3, -0.25) is 0 Å². The van der Waals surface area contributed by atoms with Gasteiger partial charge < -0.3 is 4.57 Å². The molecule has 96 valence electrons. The van der Waals surface area contributed by atoms with Gasteiger partial charge in [0, 0.05) is 6.04 Å². The molecule has 1 aromatic heterocycles. The summed E-state index contributed by atoms with van der Waals surface area (Å²) >= 11 is 6.19. The van der Waals surface area contributed by atoms with Gasteiger partial charge in [-0.2, -0.15) is 0 Å². The molecule has 1 saturated carbocycles. The van der Waals surface area contributed by atoms with Gasteiger partial charge in [-0.05, 0) is 31.4 Å². The van der Waals surface area contributed by atoms with Crippen LogP contribution in [0.4, 0.5) is 4.39 Å². The van der Waals surface area contributed by atoms with E-state index < -0.39 is 0 Å². The first kappa shape index (κ1) is 12.0. The van der Waals surface area contributed by atoms with E-state index in [9.17, 15) is 4.39 Å². The number of para-hydroxylation sites is 1. The highest BCUT2D eigenvalue weighted by Gasteiger charge is 2.39. The number of hydrogen-bond donors (Lipinski definition) is 0. The summed E-state index contributed by atoms with van der Waals surface area (Å²) in [6.45, 7) is 4.08. The molecule has 0 spiro atoms. The minimum absolute atomic E-state index is 0.199. The Morgan fingerprint density at radius 3 is 2.94 bits per heavy atom. The summed E-state index contributed by atoms with van der Waals surface area (Å²) in [5, 5.41) is -0.199. The Hall–Kier alpha value is -1.09. The molecule has 1 heterocycles. The second-order valence-corrected chi connectivity index (χ2v) is 5.69. The summed E-state index contributed by atoms with van der Waals surface area (Å²) in [5.74, 6) is 1.20. The molecule has 2 aromatic rings. The second kappa shape index (κ2) is 4.23. The number of alkyl halides is 1. The van der Waals surface area contributed by atoms with Crippen molar-refractivity contribution >= 4 is 22.6 Å². The van der Waals surface area contributed by atoms with E-state index in [-0.39, 0.29) is 11.2 Å². The van der Waals surface area contributed by atoms with Crippen LogP contribution in [0.25, 0.3) is 11.0 Å². The van der Waals surface area contributed by atoms with Crippen LogP contribution in [0.1, 0.15) is 43.9 Å². The largest absolute Gasteiger partial charge is 0.323 e. The van der Waals surface area contributed by atoms with E-state index >= 15 is 0 Å². The van der Waals surface area contributed by atoms with E-state index in [1.165, 1.54) is 6.07 Å². The van der Waals surface area contributed by atoms with E-state index in [4.69, 9.17) is 11.6 Å². The summed E-state index contributed by atoms with van der Waals surface area (Å²) in [5.41, 5.74) is 1.32. The summed E-state index contributed by atoms with van der Waals surface area (Å²) in [6, 6.07) is 5.56. The highest BCUT2D eigenvalue weighted by atomic mass is 35.5. The molecule has 3 unspecified atom stereocenters. The van der Waals surface area contributed by atoms with Crippen molar-refractivity contribution in [1.82, 2.24) is 9.55 Å². The van der Waals surface area contributed by atoms with Gasteiger partial charge in [-0.15, -0.1) is 11.6 Å². The van der Waals surface area contributed by atoms with Gasteiger partial charge in [-0.1, -0.05) is 19.4 Å². The number of nitrogens with zero attached hydrogens (tertiary/aromatic N) is 2. The van der Waals surface area contributed by atoms with Crippen LogP contribution in [-0.4, -0.2) is 9.55 Å². The van der Waals surface area contributed by atoms with Gasteiger partial charge in [0.1, 0.15) is 11.3 Å². The highest BCUT2D eigenvalue weighted by molar-refractivity contribution is 6.20. The van der Waals surface area contributed by atoms with Crippen LogP contribution in [-0.2, 0) is 0 Å². The molecule has 4 heteroatoms. The molecule has 0 bridgehead atoms. The zero-order valence-corrected chi connectivity index (χ0v) is 11.3. The minimum atomic E-state index is -0.265. The van der Waals surface area contributed by atoms with Gasteiger partial charge in [0.05, 0.1) is 10.9 Å². The topological polar surface area (TPSA) is 17.8 Å². The monoisotopic (exact) mass is 266 g/mol. The third kappa shape index (κ3) is 1.72. The molecule has 1 aromatic carbocycles. The minimum Gasteiger partial charge on any atom is -0.323 e. The lowest BCUT2D eigenvalue weighted by molar-refractivity contribution is 0.624. The van der Waals surface area contributed by atoms with E-state index in [1.807, 2.05) is 13.0 Å². The lowest BCUT2D eigenvalue weighted by Gasteiger charge is -2.09. The van der Waals surface area contributed by atoms with Gasteiger partial charge in [-0.25, -0.2) is 9.37 Å². The fourth-order valence-electron chi connectivity index (χ4n) is 2.72. The Kier molecular flexibility index (Phi) is 2.81. The van der Waals surface area contributed by atoms with E-state index in [0.717, 1.165) is 24.2 Å². The number of hydrogen-bond acceptors (Lipinski definition) is 1. The Morgan fingerprint density at radius 1 is 1.56 bits per heavy atom. The fourth-order valence-corrected chi connectivity index (χ4v) is 2.87. The van der Waals surface area contributed by atoms with E-state index in [2.05, 4.69) is 16.5 Å². The van der Waals surface area contributed by atoms with E-state index in [1.54, 1.807) is 6.07 Å². The van der Waals surface area contributed by atoms with Crippen molar-refractivity contribution < 1.29 is 4.39 Å². The maximum atomic E-state index is 13.8. The van der Waals surface area contributed by atoms with Crippen LogP contribution in [0.15, 0.2) is 18.2 Å². The number of aromatic nitrogens is 2. The summed E-state index contributed by atoms with van der Waals surface area (Å²) in [4.78, 5) is 4.40. The summed E-state index contributed by atoms with van der Waals surface area (Å²) in [7, 11) is 0. The van der Waals surface area contributed by atoms with Crippen molar-refractivity contribution in [2.75, 3.05) is 0 Å². The average Bonchev–Trinajstić information content (AvgIpc) is 3.01. The second-order valence-electron chi connectivity index (χ2n) is 5.03. The number of fused-ring (bicyclic) bond motifs is 1. The van der Waals surface area contributed by atoms with Crippen LogP contribution in [0.5, 0.6) is 0 Å². The van der Waals surface area contributed by atoms with Gasteiger partial charge in [0.15, 0.2) is 5.82 Å². The van der Waals surface area contributed by atoms with Crippen LogP contribution in [0, 0.1) is 11.7 Å². The first-order chi connectivity index (χ1) is 8.63. The lowest BCUT2D eigenvalue weighted by atomic mass is 10.3. The maximum absolute atomic E-state index is 13.8. The zero-order chi connectivity index (χ0) is 12.9. The zero-order valence-electron chi connectivity index (χ0n) is 10.5. The fraction of sp³-hybridized carbons (Fsp3) is 0.500. The molecule has 1 aliphatic rings. The molecule has 3 atom stereocenters. The molecule has 0 N–H and O–H groups in total. The normalized spacial score (nSPS) is 24.4. The Morgan fingerprint density at radius 2 is 2.33 bits per heavy atom. The molecule has 0 saturated heterocycles. The molecule has 3 rings (SSSR count). The molecule has 0 amide bonds. The lowest BCUT2D eigenvalue weighted by Crippen LogP contribution is -2.03. The summed E-state index contributed by atoms with van der Waals surface area (Å²) < 4.78 is 15.9. The summed E-state index contributed by atoms with van der Waals surface area (Å²) in [6.07, 6.45) is 2.30. The third-order valence-electron chi connectivity index (χ3n) is 3.80. The number of halogens is 2. The molecule has 2 nitrogen and oxygen atoms in total. The van der Waals surface area contributed by atoms with Gasteiger partial charge in [0.2, 0.25) is 0 Å².